The van der Waals surface area contributed by atoms with Gasteiger partial charge in [0.05, 0.1) is 5.56 Å². The van der Waals surface area contributed by atoms with Gasteiger partial charge in [0.1, 0.15) is 5.82 Å². The first-order valence-electron chi connectivity index (χ1n) is 5.41. The Kier molecular flexibility index (Phi) is 3.14. The first-order valence-corrected chi connectivity index (χ1v) is 5.41. The zero-order valence-electron chi connectivity index (χ0n) is 9.55. The van der Waals surface area contributed by atoms with Crippen molar-refractivity contribution in [3.63, 3.8) is 0 Å². The molecule has 2 N–H and O–H groups in total. The van der Waals surface area contributed by atoms with E-state index in [1.54, 1.807) is 0 Å². The summed E-state index contributed by atoms with van der Waals surface area (Å²) >= 11 is 0. The SMILES string of the molecule is CCc1ccc(-c2ncc(C=O)c(N)n2)cc1. The van der Waals surface area contributed by atoms with Crippen LogP contribution in [0.1, 0.15) is 22.8 Å². The molecule has 0 amide bonds. The third-order valence-corrected chi connectivity index (χ3v) is 2.60. The molecule has 0 aliphatic heterocycles. The van der Waals surface area contributed by atoms with Crippen molar-refractivity contribution >= 4 is 12.1 Å². The first kappa shape index (κ1) is 11.3. The minimum atomic E-state index is 0.213. The smallest absolute Gasteiger partial charge is 0.161 e. The van der Waals surface area contributed by atoms with E-state index in [0.29, 0.717) is 17.7 Å². The van der Waals surface area contributed by atoms with Crippen LogP contribution in [0.25, 0.3) is 11.4 Å². The number of nitrogens with zero attached hydrogens (tertiary/aromatic N) is 2. The summed E-state index contributed by atoms with van der Waals surface area (Å²) in [4.78, 5) is 18.8. The van der Waals surface area contributed by atoms with E-state index >= 15 is 0 Å². The molecule has 1 aromatic heterocycles. The van der Waals surface area contributed by atoms with Crippen molar-refractivity contribution in [2.24, 2.45) is 0 Å². The maximum Gasteiger partial charge on any atom is 0.161 e. The Balaban J connectivity index is 2.38. The molecule has 17 heavy (non-hydrogen) atoms. The molecule has 0 atom stereocenters. The minimum Gasteiger partial charge on any atom is -0.383 e. The number of nitrogens with two attached hydrogens (primary N) is 1. The predicted octanol–water partition coefficient (Wildman–Crippen LogP) is 2.10. The lowest BCUT2D eigenvalue weighted by Gasteiger charge is -2.03. The number of hydrogen-bond acceptors (Lipinski definition) is 4. The number of hydrogen-bond donors (Lipinski definition) is 1. The average Bonchev–Trinajstić information content (AvgIpc) is 2.39. The number of anilines is 1. The highest BCUT2D eigenvalue weighted by molar-refractivity contribution is 5.81. The molecule has 0 radical (unpaired) electrons. The van der Waals surface area contributed by atoms with Crippen LogP contribution < -0.4 is 5.73 Å². The van der Waals surface area contributed by atoms with E-state index in [-0.39, 0.29) is 5.82 Å². The lowest BCUT2D eigenvalue weighted by atomic mass is 10.1. The number of aldehydes is 1. The Labute approximate surface area is 99.5 Å². The molecule has 2 rings (SSSR count). The molecule has 0 aliphatic carbocycles. The maximum absolute atomic E-state index is 10.6. The molecule has 2 aromatic rings. The van der Waals surface area contributed by atoms with Crippen molar-refractivity contribution in [1.29, 1.82) is 0 Å². The van der Waals surface area contributed by atoms with Crippen LogP contribution in [0.4, 0.5) is 5.82 Å². The molecular formula is C13H13N3O. The molecule has 0 aliphatic rings. The van der Waals surface area contributed by atoms with Gasteiger partial charge in [0, 0.05) is 11.8 Å². The van der Waals surface area contributed by atoms with Gasteiger partial charge in [0.15, 0.2) is 12.1 Å². The zero-order valence-corrected chi connectivity index (χ0v) is 9.55. The zero-order chi connectivity index (χ0) is 12.3. The fourth-order valence-corrected chi connectivity index (χ4v) is 1.52. The molecule has 0 fully saturated rings. The highest BCUT2D eigenvalue weighted by Crippen LogP contribution is 2.17. The molecule has 86 valence electrons. The topological polar surface area (TPSA) is 68.9 Å². The van der Waals surface area contributed by atoms with Gasteiger partial charge in [-0.1, -0.05) is 31.2 Å². The van der Waals surface area contributed by atoms with Crippen LogP contribution in [0.2, 0.25) is 0 Å². The van der Waals surface area contributed by atoms with Gasteiger partial charge in [0.25, 0.3) is 0 Å². The minimum absolute atomic E-state index is 0.213. The fraction of sp³-hybridized carbons (Fsp3) is 0.154. The largest absolute Gasteiger partial charge is 0.383 e. The lowest BCUT2D eigenvalue weighted by molar-refractivity contribution is 0.112. The van der Waals surface area contributed by atoms with Crippen LogP contribution in [0.5, 0.6) is 0 Å². The molecule has 0 saturated heterocycles. The molecule has 4 nitrogen and oxygen atoms in total. The molecule has 0 spiro atoms. The normalized spacial score (nSPS) is 10.2. The summed E-state index contributed by atoms with van der Waals surface area (Å²) in [6.07, 6.45) is 3.09. The predicted molar refractivity (Wildman–Crippen MR) is 66.6 cm³/mol. The lowest BCUT2D eigenvalue weighted by Crippen LogP contribution is -2.00. The van der Waals surface area contributed by atoms with Gasteiger partial charge in [0.2, 0.25) is 0 Å². The summed E-state index contributed by atoms with van der Waals surface area (Å²) in [7, 11) is 0. The highest BCUT2D eigenvalue weighted by Gasteiger charge is 2.05. The van der Waals surface area contributed by atoms with E-state index in [0.717, 1.165) is 12.0 Å². The quantitative estimate of drug-likeness (QED) is 0.815. The van der Waals surface area contributed by atoms with Gasteiger partial charge in [-0.3, -0.25) is 4.79 Å². The van der Waals surface area contributed by atoms with Crippen molar-refractivity contribution in [3.05, 3.63) is 41.6 Å². The van der Waals surface area contributed by atoms with E-state index in [1.807, 2.05) is 24.3 Å². The van der Waals surface area contributed by atoms with E-state index in [9.17, 15) is 4.79 Å². The third-order valence-electron chi connectivity index (χ3n) is 2.60. The van der Waals surface area contributed by atoms with Crippen LogP contribution in [0, 0.1) is 0 Å². The summed E-state index contributed by atoms with van der Waals surface area (Å²) in [6, 6.07) is 7.97. The molecule has 1 aromatic carbocycles. The van der Waals surface area contributed by atoms with Gasteiger partial charge in [-0.2, -0.15) is 0 Å². The molecule has 0 bridgehead atoms. The summed E-state index contributed by atoms with van der Waals surface area (Å²) < 4.78 is 0. The van der Waals surface area contributed by atoms with Gasteiger partial charge in [-0.25, -0.2) is 9.97 Å². The van der Waals surface area contributed by atoms with Gasteiger partial charge < -0.3 is 5.73 Å². The number of nitrogen functional groups attached to an aromatic ring is 1. The summed E-state index contributed by atoms with van der Waals surface area (Å²) in [5, 5.41) is 0. The summed E-state index contributed by atoms with van der Waals surface area (Å²) in [6.45, 7) is 2.10. The Hall–Kier alpha value is -2.23. The van der Waals surface area contributed by atoms with E-state index in [4.69, 9.17) is 5.73 Å². The molecule has 4 heteroatoms. The Bertz CT molecular complexity index is 535. The molecular weight excluding hydrogens is 214 g/mol. The standard InChI is InChI=1S/C13H13N3O/c1-2-9-3-5-10(6-4-9)13-15-7-11(8-17)12(14)16-13/h3-8H,2H2,1H3,(H2,14,15,16). The third kappa shape index (κ3) is 2.30. The summed E-state index contributed by atoms with van der Waals surface area (Å²) in [5.41, 5.74) is 8.11. The van der Waals surface area contributed by atoms with Crippen LogP contribution in [-0.4, -0.2) is 16.3 Å². The molecule has 0 unspecified atom stereocenters. The second-order valence-electron chi connectivity index (χ2n) is 3.70. The number of benzene rings is 1. The van der Waals surface area contributed by atoms with Crippen LogP contribution >= 0.6 is 0 Å². The highest BCUT2D eigenvalue weighted by atomic mass is 16.1. The van der Waals surface area contributed by atoms with Crippen molar-refractivity contribution in [2.45, 2.75) is 13.3 Å². The van der Waals surface area contributed by atoms with Crippen LogP contribution in [0.15, 0.2) is 30.5 Å². The van der Waals surface area contributed by atoms with Gasteiger partial charge >= 0.3 is 0 Å². The van der Waals surface area contributed by atoms with Crippen molar-refractivity contribution in [2.75, 3.05) is 5.73 Å². The van der Waals surface area contributed by atoms with E-state index in [2.05, 4.69) is 16.9 Å². The van der Waals surface area contributed by atoms with Crippen LogP contribution in [0.3, 0.4) is 0 Å². The number of aromatic nitrogens is 2. The Morgan fingerprint density at radius 2 is 2.00 bits per heavy atom. The molecule has 0 saturated carbocycles. The van der Waals surface area contributed by atoms with Crippen LogP contribution in [-0.2, 0) is 6.42 Å². The number of aryl methyl sites for hydroxylation is 1. The average molecular weight is 227 g/mol. The maximum atomic E-state index is 10.6. The van der Waals surface area contributed by atoms with Crippen molar-refractivity contribution in [1.82, 2.24) is 9.97 Å². The van der Waals surface area contributed by atoms with Gasteiger partial charge in [-0.05, 0) is 12.0 Å². The van der Waals surface area contributed by atoms with Crippen molar-refractivity contribution < 1.29 is 4.79 Å². The van der Waals surface area contributed by atoms with E-state index < -0.39 is 0 Å². The van der Waals surface area contributed by atoms with Crippen molar-refractivity contribution in [3.8, 4) is 11.4 Å². The second-order valence-corrected chi connectivity index (χ2v) is 3.70. The fourth-order valence-electron chi connectivity index (χ4n) is 1.52. The monoisotopic (exact) mass is 227 g/mol. The summed E-state index contributed by atoms with van der Waals surface area (Å²) in [5.74, 6) is 0.750. The van der Waals surface area contributed by atoms with Gasteiger partial charge in [-0.15, -0.1) is 0 Å². The Morgan fingerprint density at radius 3 is 2.53 bits per heavy atom. The number of carbonyl (C=O) groups is 1. The number of rotatable bonds is 3. The Morgan fingerprint density at radius 1 is 1.29 bits per heavy atom. The first-order chi connectivity index (χ1) is 8.24. The molecule has 1 heterocycles. The number of carbonyl (C=O) groups excluding carboxylic acids is 1. The van der Waals surface area contributed by atoms with E-state index in [1.165, 1.54) is 11.8 Å². The second kappa shape index (κ2) is 4.74.